The number of rotatable bonds is 3. The highest BCUT2D eigenvalue weighted by Gasteiger charge is 2.22. The number of ether oxygens (including phenoxy) is 1. The molecule has 1 radical (unpaired) electrons. The third-order valence-corrected chi connectivity index (χ3v) is 4.64. The summed E-state index contributed by atoms with van der Waals surface area (Å²) in [6.07, 6.45) is 2.07. The Morgan fingerprint density at radius 3 is 2.80 bits per heavy atom. The van der Waals surface area contributed by atoms with Crippen LogP contribution in [-0.4, -0.2) is 40.2 Å². The standard InChI is InChI=1S/C20H22N3O2/c1-13-10-23(11-14(2)25-13)12-15-5-6-18-16(8-15)9-19(22-18)17-4-3-7-21-20(17)24/h4-9,13-14,22H,10-12H2,1-2H3,(H,21,24)/t13-,14+. The largest absolute Gasteiger partial charge is 0.373 e. The van der Waals surface area contributed by atoms with E-state index in [1.807, 2.05) is 6.07 Å². The zero-order valence-corrected chi connectivity index (χ0v) is 14.5. The van der Waals surface area contributed by atoms with Crippen LogP contribution in [0.3, 0.4) is 0 Å². The molecule has 0 amide bonds. The molecule has 5 heteroatoms. The number of aromatic amines is 2. The zero-order chi connectivity index (χ0) is 17.4. The fourth-order valence-electron chi connectivity index (χ4n) is 3.67. The first kappa shape index (κ1) is 16.1. The third-order valence-electron chi connectivity index (χ3n) is 4.64. The highest BCUT2D eigenvalue weighted by Crippen LogP contribution is 2.24. The molecule has 0 unspecified atom stereocenters. The van der Waals surface area contributed by atoms with Crippen molar-refractivity contribution >= 4 is 10.9 Å². The van der Waals surface area contributed by atoms with Crippen molar-refractivity contribution in [2.75, 3.05) is 13.1 Å². The predicted molar refractivity (Wildman–Crippen MR) is 98.5 cm³/mol. The number of fused-ring (bicyclic) bond motifs is 1. The number of nitrogens with zero attached hydrogens (tertiary/aromatic N) is 1. The second-order valence-electron chi connectivity index (χ2n) is 6.90. The Hall–Kier alpha value is -2.37. The molecule has 2 N–H and O–H groups in total. The highest BCUT2D eigenvalue weighted by molar-refractivity contribution is 5.86. The van der Waals surface area contributed by atoms with Crippen molar-refractivity contribution in [1.82, 2.24) is 14.9 Å². The first-order valence-electron chi connectivity index (χ1n) is 8.67. The van der Waals surface area contributed by atoms with E-state index in [2.05, 4.69) is 53.0 Å². The second kappa shape index (κ2) is 6.50. The van der Waals surface area contributed by atoms with Crippen LogP contribution in [0.15, 0.2) is 41.3 Å². The average molecular weight is 336 g/mol. The van der Waals surface area contributed by atoms with Gasteiger partial charge in [-0.25, -0.2) is 0 Å². The molecular formula is C20H22N3O2. The van der Waals surface area contributed by atoms with Crippen LogP contribution in [0.1, 0.15) is 19.4 Å². The van der Waals surface area contributed by atoms with Crippen LogP contribution >= 0.6 is 0 Å². The minimum absolute atomic E-state index is 0.109. The summed E-state index contributed by atoms with van der Waals surface area (Å²) in [5, 5.41) is 1.12. The van der Waals surface area contributed by atoms with E-state index in [9.17, 15) is 4.79 Å². The molecule has 3 heterocycles. The van der Waals surface area contributed by atoms with Gasteiger partial charge in [0, 0.05) is 42.8 Å². The number of hydrogen-bond donors (Lipinski definition) is 2. The number of aromatic nitrogens is 2. The molecule has 0 spiro atoms. The maximum atomic E-state index is 12.0. The molecule has 2 atom stereocenters. The minimum Gasteiger partial charge on any atom is -0.373 e. The lowest BCUT2D eigenvalue weighted by Gasteiger charge is -2.35. The van der Waals surface area contributed by atoms with Gasteiger partial charge in [0.2, 0.25) is 0 Å². The van der Waals surface area contributed by atoms with Gasteiger partial charge in [-0.05, 0) is 43.7 Å². The smallest absolute Gasteiger partial charge is 0.257 e. The number of pyridine rings is 1. The van der Waals surface area contributed by atoms with Gasteiger partial charge in [0.15, 0.2) is 0 Å². The topological polar surface area (TPSA) is 61.1 Å². The van der Waals surface area contributed by atoms with E-state index >= 15 is 0 Å². The summed E-state index contributed by atoms with van der Waals surface area (Å²) < 4.78 is 5.81. The summed E-state index contributed by atoms with van der Waals surface area (Å²) in [5.74, 6) is 0. The van der Waals surface area contributed by atoms with Crippen LogP contribution in [0.5, 0.6) is 0 Å². The molecule has 0 saturated carbocycles. The van der Waals surface area contributed by atoms with Crippen LogP contribution in [0.4, 0.5) is 0 Å². The molecular weight excluding hydrogens is 314 g/mol. The van der Waals surface area contributed by atoms with Crippen LogP contribution in [0, 0.1) is 6.07 Å². The first-order chi connectivity index (χ1) is 12.1. The SMILES string of the molecule is C[C@@H]1CN(Cc2ccc3[nH]c(-c4c[c]c[nH]c4=O)cc3c2)C[C@H](C)O1. The van der Waals surface area contributed by atoms with Gasteiger partial charge < -0.3 is 14.7 Å². The molecule has 2 aromatic heterocycles. The van der Waals surface area contributed by atoms with Gasteiger partial charge >= 0.3 is 0 Å². The van der Waals surface area contributed by atoms with Crippen LogP contribution < -0.4 is 5.56 Å². The Morgan fingerprint density at radius 1 is 1.24 bits per heavy atom. The van der Waals surface area contributed by atoms with E-state index in [4.69, 9.17) is 4.74 Å². The Balaban J connectivity index is 1.60. The molecule has 1 aliphatic heterocycles. The Kier molecular flexibility index (Phi) is 4.19. The number of hydrogen-bond acceptors (Lipinski definition) is 3. The summed E-state index contributed by atoms with van der Waals surface area (Å²) in [6.45, 7) is 7.07. The lowest BCUT2D eigenvalue weighted by Crippen LogP contribution is -2.44. The van der Waals surface area contributed by atoms with Gasteiger partial charge in [0.05, 0.1) is 23.5 Å². The maximum Gasteiger partial charge on any atom is 0.257 e. The van der Waals surface area contributed by atoms with Crippen molar-refractivity contribution in [3.05, 3.63) is 58.5 Å². The number of morpholine rings is 1. The molecule has 129 valence electrons. The Morgan fingerprint density at radius 2 is 2.04 bits per heavy atom. The summed E-state index contributed by atoms with van der Waals surface area (Å²) in [6, 6.07) is 13.1. The minimum atomic E-state index is -0.109. The molecule has 25 heavy (non-hydrogen) atoms. The monoisotopic (exact) mass is 336 g/mol. The van der Waals surface area contributed by atoms with E-state index in [0.717, 1.165) is 36.2 Å². The average Bonchev–Trinajstić information content (AvgIpc) is 2.97. The van der Waals surface area contributed by atoms with E-state index in [0.29, 0.717) is 5.56 Å². The third kappa shape index (κ3) is 3.38. The van der Waals surface area contributed by atoms with Crippen LogP contribution in [-0.2, 0) is 11.3 Å². The van der Waals surface area contributed by atoms with Crippen LogP contribution in [0.25, 0.3) is 22.2 Å². The molecule has 5 nitrogen and oxygen atoms in total. The molecule has 1 fully saturated rings. The Labute approximate surface area is 146 Å². The summed E-state index contributed by atoms with van der Waals surface area (Å²) in [4.78, 5) is 20.4. The molecule has 0 aliphatic carbocycles. The van der Waals surface area contributed by atoms with Gasteiger partial charge in [-0.1, -0.05) is 6.07 Å². The van der Waals surface area contributed by atoms with Crippen molar-refractivity contribution in [3.63, 3.8) is 0 Å². The summed E-state index contributed by atoms with van der Waals surface area (Å²) >= 11 is 0. The number of nitrogens with one attached hydrogen (secondary N) is 2. The van der Waals surface area contributed by atoms with Gasteiger partial charge in [0.1, 0.15) is 0 Å². The number of benzene rings is 1. The predicted octanol–water partition coefficient (Wildman–Crippen LogP) is 2.93. The zero-order valence-electron chi connectivity index (χ0n) is 14.5. The normalized spacial score (nSPS) is 21.7. The van der Waals surface area contributed by atoms with Crippen molar-refractivity contribution in [2.45, 2.75) is 32.6 Å². The first-order valence-corrected chi connectivity index (χ1v) is 8.67. The quantitative estimate of drug-likeness (QED) is 0.773. The molecule has 3 aromatic rings. The van der Waals surface area contributed by atoms with Crippen molar-refractivity contribution in [3.8, 4) is 11.3 Å². The summed E-state index contributed by atoms with van der Waals surface area (Å²) in [5.41, 5.74) is 3.62. The lowest BCUT2D eigenvalue weighted by atomic mass is 10.1. The fourth-order valence-corrected chi connectivity index (χ4v) is 3.67. The molecule has 0 bridgehead atoms. The van der Waals surface area contributed by atoms with Crippen LogP contribution in [0.2, 0.25) is 0 Å². The van der Waals surface area contributed by atoms with E-state index in [1.54, 1.807) is 6.07 Å². The molecule has 4 rings (SSSR count). The highest BCUT2D eigenvalue weighted by atomic mass is 16.5. The van der Waals surface area contributed by atoms with Gasteiger partial charge in [-0.15, -0.1) is 0 Å². The van der Waals surface area contributed by atoms with E-state index in [-0.39, 0.29) is 17.8 Å². The number of H-pyrrole nitrogens is 2. The second-order valence-corrected chi connectivity index (χ2v) is 6.90. The van der Waals surface area contributed by atoms with E-state index in [1.165, 1.54) is 11.8 Å². The van der Waals surface area contributed by atoms with Crippen molar-refractivity contribution < 1.29 is 4.74 Å². The fraction of sp³-hybridized carbons (Fsp3) is 0.350. The van der Waals surface area contributed by atoms with Gasteiger partial charge in [-0.3, -0.25) is 9.69 Å². The molecule has 1 aromatic carbocycles. The van der Waals surface area contributed by atoms with Crippen molar-refractivity contribution in [2.24, 2.45) is 0 Å². The Bertz CT molecular complexity index is 933. The molecule has 1 saturated heterocycles. The lowest BCUT2D eigenvalue weighted by molar-refractivity contribution is -0.0704. The van der Waals surface area contributed by atoms with Gasteiger partial charge in [0.25, 0.3) is 5.56 Å². The summed E-state index contributed by atoms with van der Waals surface area (Å²) in [7, 11) is 0. The molecule has 1 aliphatic rings. The van der Waals surface area contributed by atoms with Gasteiger partial charge in [-0.2, -0.15) is 0 Å². The van der Waals surface area contributed by atoms with E-state index < -0.39 is 0 Å². The van der Waals surface area contributed by atoms with Crippen molar-refractivity contribution in [1.29, 1.82) is 0 Å². The maximum absolute atomic E-state index is 12.0.